The van der Waals surface area contributed by atoms with Crippen LogP contribution in [0.15, 0.2) is 73.3 Å². The molecule has 0 unspecified atom stereocenters. The number of rotatable bonds is 7. The normalized spacial score (nSPS) is 12.7. The van der Waals surface area contributed by atoms with Crippen LogP contribution in [-0.2, 0) is 4.79 Å². The minimum atomic E-state index is -0.708. The average molecular weight is 475 g/mol. The van der Waals surface area contributed by atoms with Gasteiger partial charge in [0.1, 0.15) is 29.4 Å². The Hall–Kier alpha value is -4.60. The zero-order valence-corrected chi connectivity index (χ0v) is 18.2. The number of hydrogen-bond acceptors (Lipinski definition) is 5. The SMILES string of the molecule is O=C(Nc1ccc(Oc2ccnc(NC(=O)C3CC3)c2)c(F)c1)c1cn(-c2ccccc2F)cn1. The van der Waals surface area contributed by atoms with Gasteiger partial charge in [0.25, 0.3) is 5.91 Å². The van der Waals surface area contributed by atoms with Crippen molar-refractivity contribution in [1.29, 1.82) is 0 Å². The maximum atomic E-state index is 14.7. The molecule has 1 fully saturated rings. The van der Waals surface area contributed by atoms with Gasteiger partial charge in [-0.25, -0.2) is 18.7 Å². The number of halogens is 2. The molecule has 0 atom stereocenters. The van der Waals surface area contributed by atoms with Crippen molar-refractivity contribution in [2.45, 2.75) is 12.8 Å². The number of ether oxygens (including phenoxy) is 1. The van der Waals surface area contributed by atoms with Gasteiger partial charge in [-0.2, -0.15) is 0 Å². The van der Waals surface area contributed by atoms with E-state index in [0.29, 0.717) is 11.6 Å². The van der Waals surface area contributed by atoms with E-state index in [4.69, 9.17) is 4.74 Å². The first kappa shape index (κ1) is 22.2. The summed E-state index contributed by atoms with van der Waals surface area (Å²) < 4.78 is 35.6. The summed E-state index contributed by atoms with van der Waals surface area (Å²) in [4.78, 5) is 32.5. The Bertz CT molecular complexity index is 1420. The Morgan fingerprint density at radius 2 is 1.80 bits per heavy atom. The van der Waals surface area contributed by atoms with Crippen molar-refractivity contribution in [3.63, 3.8) is 0 Å². The number of amides is 2. The molecular formula is C25H19F2N5O3. The molecule has 2 aromatic carbocycles. The van der Waals surface area contributed by atoms with Crippen LogP contribution in [0.3, 0.4) is 0 Å². The molecule has 5 rings (SSSR count). The standard InChI is InChI=1S/C25H19F2N5O3/c26-18-3-1-2-4-21(18)32-13-20(29-14-32)25(34)30-16-7-8-22(19(27)11-16)35-17-9-10-28-23(12-17)31-24(33)15-5-6-15/h1-4,7-15H,5-6H2,(H,30,34)(H,28,31,33). The second-order valence-corrected chi connectivity index (χ2v) is 7.96. The highest BCUT2D eigenvalue weighted by Crippen LogP contribution is 2.31. The van der Waals surface area contributed by atoms with E-state index in [1.54, 1.807) is 18.2 Å². The van der Waals surface area contributed by atoms with E-state index < -0.39 is 17.5 Å². The highest BCUT2D eigenvalue weighted by atomic mass is 19.1. The van der Waals surface area contributed by atoms with Crippen LogP contribution < -0.4 is 15.4 Å². The Balaban J connectivity index is 1.24. The molecule has 0 bridgehead atoms. The van der Waals surface area contributed by atoms with E-state index in [2.05, 4.69) is 20.6 Å². The van der Waals surface area contributed by atoms with Gasteiger partial charge in [-0.3, -0.25) is 9.59 Å². The third kappa shape index (κ3) is 5.16. The molecule has 8 nitrogen and oxygen atoms in total. The van der Waals surface area contributed by atoms with E-state index in [1.807, 2.05) is 0 Å². The van der Waals surface area contributed by atoms with Crippen molar-refractivity contribution in [2.24, 2.45) is 5.92 Å². The molecule has 0 radical (unpaired) electrons. The largest absolute Gasteiger partial charge is 0.454 e. The lowest BCUT2D eigenvalue weighted by atomic mass is 10.2. The van der Waals surface area contributed by atoms with Crippen LogP contribution in [0, 0.1) is 17.6 Å². The lowest BCUT2D eigenvalue weighted by Gasteiger charge is -2.10. The van der Waals surface area contributed by atoms with Crippen molar-refractivity contribution >= 4 is 23.3 Å². The molecule has 1 saturated carbocycles. The molecule has 176 valence electrons. The van der Waals surface area contributed by atoms with Crippen LogP contribution >= 0.6 is 0 Å². The van der Waals surface area contributed by atoms with Gasteiger partial charge in [0.15, 0.2) is 11.6 Å². The van der Waals surface area contributed by atoms with Crippen molar-refractivity contribution in [3.05, 3.63) is 90.6 Å². The van der Waals surface area contributed by atoms with E-state index in [1.165, 1.54) is 53.6 Å². The number of benzene rings is 2. The summed E-state index contributed by atoms with van der Waals surface area (Å²) in [5.41, 5.74) is 0.469. The van der Waals surface area contributed by atoms with Crippen LogP contribution in [0.4, 0.5) is 20.3 Å². The zero-order valence-electron chi connectivity index (χ0n) is 18.2. The molecule has 1 aliphatic carbocycles. The highest BCUT2D eigenvalue weighted by Gasteiger charge is 2.29. The third-order valence-electron chi connectivity index (χ3n) is 5.29. The summed E-state index contributed by atoms with van der Waals surface area (Å²) in [5, 5.41) is 5.26. The molecule has 35 heavy (non-hydrogen) atoms. The molecule has 2 amide bonds. The first-order valence-electron chi connectivity index (χ1n) is 10.8. The number of para-hydroxylation sites is 1. The number of nitrogens with one attached hydrogen (secondary N) is 2. The molecule has 2 N–H and O–H groups in total. The summed E-state index contributed by atoms with van der Waals surface area (Å²) in [6, 6.07) is 13.1. The fourth-order valence-corrected chi connectivity index (χ4v) is 3.33. The summed E-state index contributed by atoms with van der Waals surface area (Å²) in [5.74, 6) is -1.29. The summed E-state index contributed by atoms with van der Waals surface area (Å²) in [6.45, 7) is 0. The van der Waals surface area contributed by atoms with Gasteiger partial charge in [-0.1, -0.05) is 12.1 Å². The predicted molar refractivity (Wildman–Crippen MR) is 124 cm³/mol. The molecule has 0 spiro atoms. The van der Waals surface area contributed by atoms with Crippen molar-refractivity contribution < 1.29 is 23.1 Å². The lowest BCUT2D eigenvalue weighted by Crippen LogP contribution is -2.14. The van der Waals surface area contributed by atoms with Crippen LogP contribution in [-0.4, -0.2) is 26.3 Å². The molecule has 0 aliphatic heterocycles. The Labute approximate surface area is 198 Å². The topological polar surface area (TPSA) is 98.1 Å². The van der Waals surface area contributed by atoms with Crippen molar-refractivity contribution in [3.8, 4) is 17.2 Å². The van der Waals surface area contributed by atoms with Crippen LogP contribution in [0.2, 0.25) is 0 Å². The zero-order chi connectivity index (χ0) is 24.4. The minimum absolute atomic E-state index is 0.0230. The van der Waals surface area contributed by atoms with E-state index in [-0.39, 0.29) is 34.6 Å². The van der Waals surface area contributed by atoms with E-state index in [9.17, 15) is 18.4 Å². The summed E-state index contributed by atoms with van der Waals surface area (Å²) in [7, 11) is 0. The molecule has 10 heteroatoms. The quantitative estimate of drug-likeness (QED) is 0.395. The number of nitrogens with zero attached hydrogens (tertiary/aromatic N) is 3. The number of aromatic nitrogens is 3. The van der Waals surface area contributed by atoms with E-state index >= 15 is 0 Å². The van der Waals surface area contributed by atoms with Gasteiger partial charge in [0.2, 0.25) is 5.91 Å². The third-order valence-corrected chi connectivity index (χ3v) is 5.29. The monoisotopic (exact) mass is 475 g/mol. The van der Waals surface area contributed by atoms with E-state index in [0.717, 1.165) is 18.9 Å². The van der Waals surface area contributed by atoms with Gasteiger partial charge in [0, 0.05) is 36.1 Å². The van der Waals surface area contributed by atoms with Crippen LogP contribution in [0.1, 0.15) is 23.3 Å². The maximum Gasteiger partial charge on any atom is 0.275 e. The fraction of sp³-hybridized carbons (Fsp3) is 0.120. The Morgan fingerprint density at radius 1 is 0.971 bits per heavy atom. The molecule has 0 saturated heterocycles. The number of imidazole rings is 1. The summed E-state index contributed by atoms with van der Waals surface area (Å²) in [6.07, 6.45) is 5.88. The first-order valence-corrected chi connectivity index (χ1v) is 10.8. The number of anilines is 2. The van der Waals surface area contributed by atoms with Gasteiger partial charge in [0.05, 0.1) is 5.69 Å². The maximum absolute atomic E-state index is 14.7. The van der Waals surface area contributed by atoms with Crippen molar-refractivity contribution in [2.75, 3.05) is 10.6 Å². The van der Waals surface area contributed by atoms with Gasteiger partial charge in [-0.05, 0) is 43.2 Å². The van der Waals surface area contributed by atoms with Crippen molar-refractivity contribution in [1.82, 2.24) is 14.5 Å². The van der Waals surface area contributed by atoms with Gasteiger partial charge >= 0.3 is 0 Å². The molecule has 1 aliphatic rings. The smallest absolute Gasteiger partial charge is 0.275 e. The van der Waals surface area contributed by atoms with Gasteiger partial charge in [-0.15, -0.1) is 0 Å². The fourth-order valence-electron chi connectivity index (χ4n) is 3.33. The number of carbonyl (C=O) groups is 2. The highest BCUT2D eigenvalue weighted by molar-refractivity contribution is 6.02. The molecular weight excluding hydrogens is 456 g/mol. The molecule has 4 aromatic rings. The number of carbonyl (C=O) groups excluding carboxylic acids is 2. The Morgan fingerprint density at radius 3 is 2.57 bits per heavy atom. The molecule has 2 heterocycles. The predicted octanol–water partition coefficient (Wildman–Crippen LogP) is 4.94. The van der Waals surface area contributed by atoms with Gasteiger partial charge < -0.3 is 19.9 Å². The molecule has 2 aromatic heterocycles. The number of pyridine rings is 1. The average Bonchev–Trinajstić information content (AvgIpc) is 3.58. The van der Waals surface area contributed by atoms with Crippen LogP contribution in [0.25, 0.3) is 5.69 Å². The second-order valence-electron chi connectivity index (χ2n) is 7.96. The minimum Gasteiger partial charge on any atom is -0.454 e. The number of hydrogen-bond donors (Lipinski definition) is 2. The lowest BCUT2D eigenvalue weighted by molar-refractivity contribution is -0.117. The Kier molecular flexibility index (Phi) is 5.92. The first-order chi connectivity index (χ1) is 17.0. The summed E-state index contributed by atoms with van der Waals surface area (Å²) >= 11 is 0. The van der Waals surface area contributed by atoms with Crippen LogP contribution in [0.5, 0.6) is 11.5 Å². The second kappa shape index (κ2) is 9.34.